The molecule has 4 aliphatic rings. The second kappa shape index (κ2) is 14.5. The molecule has 4 N–H and O–H groups in total. The summed E-state index contributed by atoms with van der Waals surface area (Å²) in [5, 5.41) is 13.8. The summed E-state index contributed by atoms with van der Waals surface area (Å²) in [5.74, 6) is -0.786. The number of fused-ring (bicyclic) bond motifs is 1. The number of primary amides is 1. The fraction of sp³-hybridized carbons (Fsp3) is 0.514. The molecule has 0 bridgehead atoms. The summed E-state index contributed by atoms with van der Waals surface area (Å²) in [6, 6.07) is 1.57. The summed E-state index contributed by atoms with van der Waals surface area (Å²) in [5.41, 5.74) is 13.4. The zero-order chi connectivity index (χ0) is 32.9. The minimum atomic E-state index is -1.28. The van der Waals surface area contributed by atoms with E-state index in [-0.39, 0.29) is 36.5 Å². The Hall–Kier alpha value is -3.56. The topological polar surface area (TPSA) is 122 Å². The molecule has 9 heteroatoms. The Labute approximate surface area is 260 Å². The van der Waals surface area contributed by atoms with Crippen molar-refractivity contribution in [2.75, 3.05) is 18.9 Å². The number of aliphatic hydroxyl groups excluding tert-OH is 1. The third-order valence-corrected chi connectivity index (χ3v) is 8.15. The first-order valence-electron chi connectivity index (χ1n) is 15.5. The van der Waals surface area contributed by atoms with E-state index >= 15 is 0 Å². The van der Waals surface area contributed by atoms with Gasteiger partial charge in [0.1, 0.15) is 18.2 Å². The highest BCUT2D eigenvalue weighted by molar-refractivity contribution is 5.93. The van der Waals surface area contributed by atoms with Crippen molar-refractivity contribution >= 4 is 29.2 Å². The molecule has 44 heavy (non-hydrogen) atoms. The van der Waals surface area contributed by atoms with Crippen molar-refractivity contribution < 1.29 is 28.6 Å². The Kier molecular flexibility index (Phi) is 11.5. The third-order valence-electron chi connectivity index (χ3n) is 8.15. The number of carbonyl (C=O) groups excluding carboxylic acids is 3. The molecule has 1 aromatic rings. The number of likely N-dealkylation sites (tertiary alicyclic amines) is 1. The maximum atomic E-state index is 14.5. The molecule has 2 aliphatic carbocycles. The number of halogens is 1. The van der Waals surface area contributed by atoms with Crippen molar-refractivity contribution in [1.29, 1.82) is 0 Å². The summed E-state index contributed by atoms with van der Waals surface area (Å²) >= 11 is 0. The smallest absolute Gasteiger partial charge is 0.220 e. The summed E-state index contributed by atoms with van der Waals surface area (Å²) in [7, 11) is 1.97. The molecule has 0 spiro atoms. The number of ketones is 1. The number of benzene rings is 1. The van der Waals surface area contributed by atoms with Crippen LogP contribution in [0.5, 0.6) is 0 Å². The van der Waals surface area contributed by atoms with Crippen LogP contribution in [0.25, 0.3) is 5.57 Å². The van der Waals surface area contributed by atoms with Gasteiger partial charge in [-0.25, -0.2) is 4.39 Å². The van der Waals surface area contributed by atoms with Crippen LogP contribution in [-0.2, 0) is 25.5 Å². The van der Waals surface area contributed by atoms with E-state index in [1.165, 1.54) is 11.1 Å². The Morgan fingerprint density at radius 3 is 2.52 bits per heavy atom. The second-order valence-corrected chi connectivity index (χ2v) is 12.3. The second-order valence-electron chi connectivity index (χ2n) is 12.3. The van der Waals surface area contributed by atoms with Gasteiger partial charge in [-0.2, -0.15) is 0 Å². The normalized spacial score (nSPS) is 20.1. The predicted octanol–water partition coefficient (Wildman–Crippen LogP) is 5.67. The maximum Gasteiger partial charge on any atom is 0.220 e. The molecule has 8 nitrogen and oxygen atoms in total. The summed E-state index contributed by atoms with van der Waals surface area (Å²) < 4.78 is 20.0. The van der Waals surface area contributed by atoms with Crippen LogP contribution in [0, 0.1) is 12.7 Å². The largest absolute Gasteiger partial charge is 0.381 e. The Morgan fingerprint density at radius 2 is 1.91 bits per heavy atom. The summed E-state index contributed by atoms with van der Waals surface area (Å²) in [6.45, 7) is 14.1. The van der Waals surface area contributed by atoms with Crippen molar-refractivity contribution in [2.24, 2.45) is 5.73 Å². The summed E-state index contributed by atoms with van der Waals surface area (Å²) in [6.07, 6.45) is 6.81. The van der Waals surface area contributed by atoms with E-state index in [0.717, 1.165) is 53.6 Å². The van der Waals surface area contributed by atoms with Gasteiger partial charge in [-0.05, 0) is 106 Å². The number of anilines is 1. The number of hydrogen-bond acceptors (Lipinski definition) is 7. The molecule has 0 radical (unpaired) electrons. The minimum absolute atomic E-state index is 0.129. The van der Waals surface area contributed by atoms with E-state index in [1.54, 1.807) is 12.1 Å². The van der Waals surface area contributed by atoms with Crippen LogP contribution in [-0.4, -0.2) is 59.4 Å². The average molecular weight is 610 g/mol. The molecule has 1 fully saturated rings. The van der Waals surface area contributed by atoms with E-state index in [2.05, 4.69) is 10.2 Å². The number of hydrogen-bond donors (Lipinski definition) is 3. The number of nitrogens with one attached hydrogen (secondary N) is 1. The Morgan fingerprint density at radius 1 is 1.23 bits per heavy atom. The molecule has 1 atom stereocenters. The van der Waals surface area contributed by atoms with Crippen LogP contribution in [0.15, 0.2) is 46.3 Å². The fourth-order valence-corrected chi connectivity index (χ4v) is 6.40. The van der Waals surface area contributed by atoms with Crippen LogP contribution >= 0.6 is 0 Å². The highest BCUT2D eigenvalue weighted by Gasteiger charge is 2.35. The zero-order valence-corrected chi connectivity index (χ0v) is 27.4. The van der Waals surface area contributed by atoms with Crippen LogP contribution < -0.4 is 11.1 Å². The quantitative estimate of drug-likeness (QED) is 0.355. The van der Waals surface area contributed by atoms with Gasteiger partial charge in [-0.1, -0.05) is 13.8 Å². The molecule has 0 saturated carbocycles. The molecule has 2 heterocycles. The van der Waals surface area contributed by atoms with Gasteiger partial charge in [-0.15, -0.1) is 0 Å². The first kappa shape index (κ1) is 34.9. The molecular formula is C35H48FN3O5. The van der Waals surface area contributed by atoms with E-state index in [9.17, 15) is 23.9 Å². The number of ether oxygens (including phenoxy) is 1. The number of allylic oxidation sites excluding steroid dienone is 3. The van der Waals surface area contributed by atoms with Gasteiger partial charge in [0.25, 0.3) is 0 Å². The summed E-state index contributed by atoms with van der Waals surface area (Å²) in [4.78, 5) is 36.3. The van der Waals surface area contributed by atoms with Gasteiger partial charge in [0.05, 0.1) is 18.1 Å². The number of nitrogens with zero attached hydrogens (tertiary/aromatic N) is 1. The lowest BCUT2D eigenvalue weighted by Gasteiger charge is -2.26. The van der Waals surface area contributed by atoms with Gasteiger partial charge >= 0.3 is 0 Å². The van der Waals surface area contributed by atoms with Gasteiger partial charge in [-0.3, -0.25) is 14.4 Å². The standard InChI is InChI=1S/C25H25FN2O3.C8H17NO2.C2H6/c1-13-15-4-3-5-16-19-11-28(2)22(8-17-14(12-29)6-7-23(30)25(17)31)18(19)10-27-21(24(15)16)9-20(13)26;1-6(2)11-8(3,4)5-7(9)10;1-2/h8-10,12,25,27,31H,3-7,11H2,1-2H3;6H,5H2,1-4H3,(H2,9,10);1-2H3/b22-8-;;. The van der Waals surface area contributed by atoms with Crippen molar-refractivity contribution in [3.05, 3.63) is 68.8 Å². The number of amides is 1. The molecule has 2 aliphatic heterocycles. The number of nitrogens with two attached hydrogens (primary N) is 1. The van der Waals surface area contributed by atoms with Gasteiger partial charge in [0.2, 0.25) is 5.91 Å². The van der Waals surface area contributed by atoms with Crippen molar-refractivity contribution in [2.45, 2.75) is 105 Å². The molecule has 5 rings (SSSR count). The molecule has 1 amide bonds. The average Bonchev–Trinajstić information content (AvgIpc) is 3.17. The third kappa shape index (κ3) is 7.56. The fourth-order valence-electron chi connectivity index (χ4n) is 6.40. The van der Waals surface area contributed by atoms with Crippen LogP contribution in [0.4, 0.5) is 10.1 Å². The number of likely N-dealkylation sites (N-methyl/N-ethyl adjacent to an activating group) is 1. The number of aldehydes is 1. The molecule has 240 valence electrons. The lowest BCUT2D eigenvalue weighted by atomic mass is 9.81. The number of rotatable bonds is 6. The van der Waals surface area contributed by atoms with E-state index in [4.69, 9.17) is 10.5 Å². The van der Waals surface area contributed by atoms with Crippen molar-refractivity contribution in [3.63, 3.8) is 0 Å². The lowest BCUT2D eigenvalue weighted by molar-refractivity contribution is -0.127. The molecule has 1 aromatic carbocycles. The molecular weight excluding hydrogens is 561 g/mol. The Balaban J connectivity index is 0.000000347. The first-order chi connectivity index (χ1) is 20.7. The molecule has 1 saturated heterocycles. The first-order valence-corrected chi connectivity index (χ1v) is 15.5. The van der Waals surface area contributed by atoms with Crippen LogP contribution in [0.1, 0.15) is 90.3 Å². The SMILES string of the molecule is CC.CC(C)OC(C)(C)CC(N)=O.Cc1c(F)cc2c3c1CCCC3=C1CN(C)/C(=C\C3=C(C=O)CCC(=O)C3O)C1=CN2. The number of carbonyl (C=O) groups is 3. The highest BCUT2D eigenvalue weighted by Crippen LogP contribution is 2.47. The number of Topliss-reactive ketones (excluding diaryl/α,β-unsaturated/α-hetero) is 1. The maximum absolute atomic E-state index is 14.5. The van der Waals surface area contributed by atoms with Crippen LogP contribution in [0.2, 0.25) is 0 Å². The Bertz CT molecular complexity index is 1430. The lowest BCUT2D eigenvalue weighted by Crippen LogP contribution is -2.33. The van der Waals surface area contributed by atoms with E-state index in [0.29, 0.717) is 29.7 Å². The monoisotopic (exact) mass is 609 g/mol. The highest BCUT2D eigenvalue weighted by atomic mass is 19.1. The molecule has 1 unspecified atom stereocenters. The van der Waals surface area contributed by atoms with Crippen molar-refractivity contribution in [3.8, 4) is 0 Å². The van der Waals surface area contributed by atoms with Gasteiger partial charge in [0.15, 0.2) is 5.78 Å². The number of aliphatic hydroxyl groups is 1. The van der Waals surface area contributed by atoms with E-state index < -0.39 is 11.7 Å². The minimum Gasteiger partial charge on any atom is -0.381 e. The zero-order valence-electron chi connectivity index (χ0n) is 27.4. The van der Waals surface area contributed by atoms with Gasteiger partial charge in [0, 0.05) is 48.7 Å². The molecule has 0 aromatic heterocycles. The van der Waals surface area contributed by atoms with Gasteiger partial charge < -0.3 is 25.8 Å². The van der Waals surface area contributed by atoms with E-state index in [1.807, 2.05) is 61.7 Å². The van der Waals surface area contributed by atoms with Crippen molar-refractivity contribution in [1.82, 2.24) is 4.90 Å². The van der Waals surface area contributed by atoms with Crippen LogP contribution in [0.3, 0.4) is 0 Å². The predicted molar refractivity (Wildman–Crippen MR) is 172 cm³/mol.